The highest BCUT2D eigenvalue weighted by molar-refractivity contribution is 5.94. The van der Waals surface area contributed by atoms with Crippen LogP contribution in [-0.4, -0.2) is 46.4 Å². The maximum absolute atomic E-state index is 13.3. The van der Waals surface area contributed by atoms with E-state index in [4.69, 9.17) is 9.72 Å². The van der Waals surface area contributed by atoms with Gasteiger partial charge in [-0.1, -0.05) is 18.2 Å². The third-order valence-electron chi connectivity index (χ3n) is 5.85. The van der Waals surface area contributed by atoms with E-state index in [0.717, 1.165) is 11.1 Å². The van der Waals surface area contributed by atoms with Crippen molar-refractivity contribution in [3.63, 3.8) is 0 Å². The molecule has 8 nitrogen and oxygen atoms in total. The molecule has 1 aromatic heterocycles. The Kier molecular flexibility index (Phi) is 5.88. The second kappa shape index (κ2) is 8.63. The van der Waals surface area contributed by atoms with E-state index in [0.29, 0.717) is 42.2 Å². The van der Waals surface area contributed by atoms with Crippen LogP contribution in [-0.2, 0) is 11.8 Å². The molecule has 1 saturated heterocycles. The van der Waals surface area contributed by atoms with Crippen LogP contribution in [0.1, 0.15) is 41.4 Å². The number of carbonyl (C=O) groups is 1. The molecule has 2 heterocycles. The van der Waals surface area contributed by atoms with Crippen molar-refractivity contribution < 1.29 is 14.6 Å². The van der Waals surface area contributed by atoms with Crippen molar-refractivity contribution >= 4 is 28.5 Å². The molecule has 0 radical (unpaired) electrons. The third-order valence-corrected chi connectivity index (χ3v) is 5.85. The van der Waals surface area contributed by atoms with Gasteiger partial charge < -0.3 is 20.1 Å². The molecule has 168 valence electrons. The van der Waals surface area contributed by atoms with Crippen molar-refractivity contribution in [2.24, 2.45) is 7.05 Å². The molecule has 8 heteroatoms. The van der Waals surface area contributed by atoms with Crippen molar-refractivity contribution in [2.45, 2.75) is 32.9 Å². The van der Waals surface area contributed by atoms with E-state index in [9.17, 15) is 14.7 Å². The first-order valence-corrected chi connectivity index (χ1v) is 10.7. The molecule has 2 aromatic carbocycles. The van der Waals surface area contributed by atoms with Gasteiger partial charge in [0.05, 0.1) is 35.2 Å². The fourth-order valence-electron chi connectivity index (χ4n) is 4.26. The van der Waals surface area contributed by atoms with Gasteiger partial charge >= 0.3 is 5.97 Å². The summed E-state index contributed by atoms with van der Waals surface area (Å²) in [4.78, 5) is 31.9. The van der Waals surface area contributed by atoms with Gasteiger partial charge in [0.25, 0.3) is 5.56 Å². The predicted molar refractivity (Wildman–Crippen MR) is 125 cm³/mol. The number of aromatic nitrogens is 2. The molecule has 0 amide bonds. The van der Waals surface area contributed by atoms with Gasteiger partial charge in [0, 0.05) is 31.4 Å². The van der Waals surface area contributed by atoms with Crippen molar-refractivity contribution in [3.05, 3.63) is 63.4 Å². The van der Waals surface area contributed by atoms with E-state index in [2.05, 4.69) is 10.2 Å². The molecular weight excluding hydrogens is 408 g/mol. The van der Waals surface area contributed by atoms with E-state index in [1.165, 1.54) is 0 Å². The van der Waals surface area contributed by atoms with E-state index in [1.54, 1.807) is 35.9 Å². The smallest absolute Gasteiger partial charge is 0.337 e. The number of carboxylic acid groups (broad SMARTS) is 1. The van der Waals surface area contributed by atoms with Gasteiger partial charge in [-0.05, 0) is 44.5 Å². The standard InChI is InChI=1S/C24H28N4O4/c1-14-11-18(16(3)25-20-8-6-5-7-17(20)23(30)31)21-19(12-14)22(29)27(4)24(26-21)28-9-10-32-15(2)13-28/h5-8,11-12,15-16,25H,9-10,13H2,1-4H3,(H,30,31)/t15-,16?/m0/s1. The summed E-state index contributed by atoms with van der Waals surface area (Å²) in [5.74, 6) is -0.383. The minimum absolute atomic E-state index is 0.0574. The van der Waals surface area contributed by atoms with Crippen LogP contribution in [0.25, 0.3) is 10.9 Å². The number of anilines is 2. The summed E-state index contributed by atoms with van der Waals surface area (Å²) in [6, 6.07) is 10.4. The zero-order chi connectivity index (χ0) is 23.0. The number of benzene rings is 2. The first kappa shape index (κ1) is 21.8. The number of nitrogens with zero attached hydrogens (tertiary/aromatic N) is 3. The largest absolute Gasteiger partial charge is 0.478 e. The quantitative estimate of drug-likeness (QED) is 0.633. The van der Waals surface area contributed by atoms with Crippen LogP contribution in [0, 0.1) is 6.92 Å². The minimum atomic E-state index is -0.995. The van der Waals surface area contributed by atoms with Crippen molar-refractivity contribution in [2.75, 3.05) is 29.9 Å². The molecule has 4 rings (SSSR count). The predicted octanol–water partition coefficient (Wildman–Crippen LogP) is 3.34. The van der Waals surface area contributed by atoms with Crippen molar-refractivity contribution in [3.8, 4) is 0 Å². The lowest BCUT2D eigenvalue weighted by Crippen LogP contribution is -2.44. The minimum Gasteiger partial charge on any atom is -0.478 e. The second-order valence-corrected chi connectivity index (χ2v) is 8.37. The van der Waals surface area contributed by atoms with E-state index in [-0.39, 0.29) is 23.3 Å². The normalized spacial score (nSPS) is 17.4. The van der Waals surface area contributed by atoms with Gasteiger partial charge in [0.2, 0.25) is 5.95 Å². The van der Waals surface area contributed by atoms with Crippen LogP contribution in [0.15, 0.2) is 41.2 Å². The molecule has 1 aliphatic rings. The molecule has 0 aliphatic carbocycles. The highest BCUT2D eigenvalue weighted by Gasteiger charge is 2.23. The number of hydrogen-bond acceptors (Lipinski definition) is 6. The van der Waals surface area contributed by atoms with Crippen LogP contribution in [0.2, 0.25) is 0 Å². The second-order valence-electron chi connectivity index (χ2n) is 8.37. The number of aryl methyl sites for hydroxylation is 1. The molecule has 0 spiro atoms. The Balaban J connectivity index is 1.82. The van der Waals surface area contributed by atoms with Crippen LogP contribution in [0.3, 0.4) is 0 Å². The Morgan fingerprint density at radius 1 is 1.31 bits per heavy atom. The summed E-state index contributed by atoms with van der Waals surface area (Å²) in [6.07, 6.45) is 0.0574. The Bertz CT molecular complexity index is 1240. The molecule has 0 bridgehead atoms. The SMILES string of the molecule is Cc1cc(C(C)Nc2ccccc2C(=O)O)c2nc(N3CCO[C@@H](C)C3)n(C)c(=O)c2c1. The first-order valence-electron chi connectivity index (χ1n) is 10.7. The van der Waals surface area contributed by atoms with E-state index in [1.807, 2.05) is 32.9 Å². The molecular formula is C24H28N4O4. The molecule has 32 heavy (non-hydrogen) atoms. The number of aromatic carboxylic acids is 1. The number of fused-ring (bicyclic) bond motifs is 1. The van der Waals surface area contributed by atoms with Crippen molar-refractivity contribution in [1.29, 1.82) is 0 Å². The summed E-state index contributed by atoms with van der Waals surface area (Å²) in [6.45, 7) is 7.80. The zero-order valence-corrected chi connectivity index (χ0v) is 18.8. The summed E-state index contributed by atoms with van der Waals surface area (Å²) in [5, 5.41) is 13.4. The number of para-hydroxylation sites is 1. The number of nitrogens with one attached hydrogen (secondary N) is 1. The molecule has 1 unspecified atom stereocenters. The highest BCUT2D eigenvalue weighted by Crippen LogP contribution is 2.29. The maximum Gasteiger partial charge on any atom is 0.337 e. The fraction of sp³-hybridized carbons (Fsp3) is 0.375. The topological polar surface area (TPSA) is 96.7 Å². The van der Waals surface area contributed by atoms with Crippen molar-refractivity contribution in [1.82, 2.24) is 9.55 Å². The number of hydrogen-bond donors (Lipinski definition) is 2. The third kappa shape index (κ3) is 4.05. The van der Waals surface area contributed by atoms with Crippen LogP contribution in [0.4, 0.5) is 11.6 Å². The molecule has 1 fully saturated rings. The Hall–Kier alpha value is -3.39. The lowest BCUT2D eigenvalue weighted by atomic mass is 10.0. The first-order chi connectivity index (χ1) is 15.3. The number of ether oxygens (including phenoxy) is 1. The van der Waals surface area contributed by atoms with Gasteiger partial charge in [-0.3, -0.25) is 9.36 Å². The fourth-order valence-corrected chi connectivity index (χ4v) is 4.26. The van der Waals surface area contributed by atoms with E-state index >= 15 is 0 Å². The average molecular weight is 437 g/mol. The summed E-state index contributed by atoms with van der Waals surface area (Å²) in [7, 11) is 1.75. The lowest BCUT2D eigenvalue weighted by molar-refractivity contribution is 0.0524. The van der Waals surface area contributed by atoms with Crippen LogP contribution >= 0.6 is 0 Å². The van der Waals surface area contributed by atoms with Gasteiger partial charge in [-0.15, -0.1) is 0 Å². The molecule has 2 N–H and O–H groups in total. The van der Waals surface area contributed by atoms with Crippen LogP contribution < -0.4 is 15.8 Å². The number of carboxylic acids is 1. The summed E-state index contributed by atoms with van der Waals surface area (Å²) in [5.41, 5.74) is 3.03. The lowest BCUT2D eigenvalue weighted by Gasteiger charge is -2.33. The van der Waals surface area contributed by atoms with Gasteiger partial charge in [0.1, 0.15) is 0 Å². The molecule has 3 aromatic rings. The average Bonchev–Trinajstić information content (AvgIpc) is 2.76. The van der Waals surface area contributed by atoms with Gasteiger partial charge in [-0.2, -0.15) is 0 Å². The van der Waals surface area contributed by atoms with E-state index < -0.39 is 5.97 Å². The Labute approximate surface area is 186 Å². The molecule has 0 saturated carbocycles. The summed E-state index contributed by atoms with van der Waals surface area (Å²) >= 11 is 0. The van der Waals surface area contributed by atoms with Gasteiger partial charge in [0.15, 0.2) is 0 Å². The van der Waals surface area contributed by atoms with Gasteiger partial charge in [-0.25, -0.2) is 9.78 Å². The maximum atomic E-state index is 13.3. The number of rotatable bonds is 5. The Morgan fingerprint density at radius 2 is 2.06 bits per heavy atom. The molecule has 2 atom stereocenters. The monoisotopic (exact) mass is 436 g/mol. The zero-order valence-electron chi connectivity index (χ0n) is 18.8. The highest BCUT2D eigenvalue weighted by atomic mass is 16.5. The van der Waals surface area contributed by atoms with Crippen LogP contribution in [0.5, 0.6) is 0 Å². The molecule has 1 aliphatic heterocycles. The number of morpholine rings is 1. The Morgan fingerprint density at radius 3 is 2.78 bits per heavy atom. The summed E-state index contributed by atoms with van der Waals surface area (Å²) < 4.78 is 7.25.